The predicted molar refractivity (Wildman–Crippen MR) is 119 cm³/mol. The minimum Gasteiger partial charge on any atom is -0.346 e. The van der Waals surface area contributed by atoms with Crippen molar-refractivity contribution in [3.8, 4) is 0 Å². The van der Waals surface area contributed by atoms with Crippen LogP contribution in [0.3, 0.4) is 0 Å². The summed E-state index contributed by atoms with van der Waals surface area (Å²) in [6.45, 7) is 9.11. The van der Waals surface area contributed by atoms with Crippen LogP contribution in [0.1, 0.15) is 38.3 Å². The highest BCUT2D eigenvalue weighted by Gasteiger charge is 2.64. The number of ether oxygens (including phenoxy) is 3. The van der Waals surface area contributed by atoms with Gasteiger partial charge in [-0.2, -0.15) is 8.42 Å². The molecular formula is C23H27N3O6S. The van der Waals surface area contributed by atoms with Crippen LogP contribution in [0.15, 0.2) is 47.8 Å². The maximum Gasteiger partial charge on any atom is 0.297 e. The largest absolute Gasteiger partial charge is 0.346 e. The van der Waals surface area contributed by atoms with Crippen molar-refractivity contribution in [1.82, 2.24) is 14.5 Å². The molecule has 2 aliphatic rings. The third-order valence-electron chi connectivity index (χ3n) is 6.31. The smallest absolute Gasteiger partial charge is 0.297 e. The summed E-state index contributed by atoms with van der Waals surface area (Å²) in [6, 6.07) is 8.44. The molecule has 4 atom stereocenters. The summed E-state index contributed by atoms with van der Waals surface area (Å²) < 4.78 is 51.7. The highest BCUT2D eigenvalue weighted by molar-refractivity contribution is 7.86. The van der Waals surface area contributed by atoms with Crippen molar-refractivity contribution in [2.24, 2.45) is 0 Å². The van der Waals surface area contributed by atoms with Gasteiger partial charge in [-0.05, 0) is 52.8 Å². The first kappa shape index (κ1) is 22.4. The van der Waals surface area contributed by atoms with Crippen LogP contribution in [0, 0.1) is 13.8 Å². The second-order valence-corrected chi connectivity index (χ2v) is 10.8. The van der Waals surface area contributed by atoms with E-state index in [-0.39, 0.29) is 11.5 Å². The molecule has 4 heterocycles. The molecule has 0 spiro atoms. The predicted octanol–water partition coefficient (Wildman–Crippen LogP) is 3.26. The summed E-state index contributed by atoms with van der Waals surface area (Å²) in [6.07, 6.45) is 1.59. The van der Waals surface area contributed by atoms with Crippen LogP contribution < -0.4 is 0 Å². The van der Waals surface area contributed by atoms with E-state index in [9.17, 15) is 8.42 Å². The van der Waals surface area contributed by atoms with E-state index < -0.39 is 39.9 Å². The van der Waals surface area contributed by atoms with Crippen molar-refractivity contribution in [2.75, 3.05) is 6.61 Å². The van der Waals surface area contributed by atoms with Crippen LogP contribution in [0.5, 0.6) is 0 Å². The molecule has 0 saturated carbocycles. The van der Waals surface area contributed by atoms with Crippen molar-refractivity contribution in [3.05, 3.63) is 54.1 Å². The molecule has 3 aromatic rings. The summed E-state index contributed by atoms with van der Waals surface area (Å²) in [5.41, 5.74) is 1.59. The van der Waals surface area contributed by atoms with Crippen molar-refractivity contribution < 1.29 is 26.8 Å². The number of rotatable bonds is 5. The molecule has 2 fully saturated rings. The van der Waals surface area contributed by atoms with Crippen molar-refractivity contribution in [2.45, 2.75) is 69.3 Å². The van der Waals surface area contributed by atoms with Gasteiger partial charge in [-0.3, -0.25) is 4.18 Å². The van der Waals surface area contributed by atoms with Crippen LogP contribution >= 0.6 is 0 Å². The van der Waals surface area contributed by atoms with E-state index in [0.29, 0.717) is 5.65 Å². The van der Waals surface area contributed by atoms with Gasteiger partial charge in [-0.15, -0.1) is 0 Å². The first-order chi connectivity index (χ1) is 15.5. The lowest BCUT2D eigenvalue weighted by Gasteiger charge is -2.29. The van der Waals surface area contributed by atoms with Crippen LogP contribution in [0.2, 0.25) is 0 Å². The standard InChI is InChI=1S/C23H27N3O6S/c1-14-6-8-16(9-7-14)33(27,28)29-12-18-23(5)19(31-22(3,4)32-23)21(30-18)26-11-10-17-15(2)24-13-25-20(17)26/h6-11,13,18-19,21H,12H2,1-5H3/t18-,19+,21-,23-/m1/s1. The molecule has 0 bridgehead atoms. The van der Waals surface area contributed by atoms with E-state index >= 15 is 0 Å². The average molecular weight is 474 g/mol. The Morgan fingerprint density at radius 1 is 1.09 bits per heavy atom. The molecule has 5 rings (SSSR count). The van der Waals surface area contributed by atoms with Gasteiger partial charge in [-0.1, -0.05) is 17.7 Å². The Labute approximate surface area is 192 Å². The average Bonchev–Trinajstić information content (AvgIpc) is 3.35. The van der Waals surface area contributed by atoms with Gasteiger partial charge < -0.3 is 18.8 Å². The summed E-state index contributed by atoms with van der Waals surface area (Å²) in [7, 11) is -3.96. The number of aromatic nitrogens is 3. The van der Waals surface area contributed by atoms with Gasteiger partial charge in [-0.25, -0.2) is 9.97 Å². The number of aryl methyl sites for hydroxylation is 2. The number of hydrogen-bond acceptors (Lipinski definition) is 8. The number of hydrogen-bond donors (Lipinski definition) is 0. The van der Waals surface area contributed by atoms with Crippen LogP contribution in [-0.4, -0.2) is 53.2 Å². The Bertz CT molecular complexity index is 1300. The maximum atomic E-state index is 12.8. The van der Waals surface area contributed by atoms with Crippen LogP contribution in [0.25, 0.3) is 11.0 Å². The molecule has 0 N–H and O–H groups in total. The summed E-state index contributed by atoms with van der Waals surface area (Å²) in [4.78, 5) is 8.77. The van der Waals surface area contributed by atoms with E-state index in [1.165, 1.54) is 18.5 Å². The summed E-state index contributed by atoms with van der Waals surface area (Å²) >= 11 is 0. The highest BCUT2D eigenvalue weighted by Crippen LogP contribution is 2.50. The highest BCUT2D eigenvalue weighted by atomic mass is 32.2. The van der Waals surface area contributed by atoms with Gasteiger partial charge in [0.2, 0.25) is 0 Å². The number of nitrogens with zero attached hydrogens (tertiary/aromatic N) is 3. The SMILES string of the molecule is Cc1ccc(S(=O)(=O)OC[C@H]2O[C@@H](n3ccc4c(C)ncnc43)[C@@H]3OC(C)(C)O[C@]23C)cc1. The Morgan fingerprint density at radius 3 is 2.55 bits per heavy atom. The fraction of sp³-hybridized carbons (Fsp3) is 0.478. The van der Waals surface area contributed by atoms with Gasteiger partial charge in [0, 0.05) is 11.6 Å². The lowest BCUT2D eigenvalue weighted by atomic mass is 9.95. The zero-order valence-electron chi connectivity index (χ0n) is 19.2. The first-order valence-corrected chi connectivity index (χ1v) is 12.2. The number of benzene rings is 1. The molecule has 0 aliphatic carbocycles. The summed E-state index contributed by atoms with van der Waals surface area (Å²) in [5, 5.41) is 0.905. The third-order valence-corrected chi connectivity index (χ3v) is 7.61. The second-order valence-electron chi connectivity index (χ2n) is 9.21. The molecule has 1 aromatic carbocycles. The van der Waals surface area contributed by atoms with E-state index in [4.69, 9.17) is 18.4 Å². The van der Waals surface area contributed by atoms with Gasteiger partial charge >= 0.3 is 0 Å². The Morgan fingerprint density at radius 2 is 1.82 bits per heavy atom. The molecule has 0 radical (unpaired) electrons. The van der Waals surface area contributed by atoms with Gasteiger partial charge in [0.25, 0.3) is 10.1 Å². The van der Waals surface area contributed by atoms with E-state index in [1.54, 1.807) is 12.1 Å². The molecule has 10 heteroatoms. The Kier molecular flexibility index (Phi) is 5.15. The quantitative estimate of drug-likeness (QED) is 0.521. The van der Waals surface area contributed by atoms with Crippen molar-refractivity contribution in [3.63, 3.8) is 0 Å². The molecule has 33 heavy (non-hydrogen) atoms. The van der Waals surface area contributed by atoms with Gasteiger partial charge in [0.1, 0.15) is 29.8 Å². The third kappa shape index (κ3) is 3.75. The number of fused-ring (bicyclic) bond motifs is 2. The zero-order chi connectivity index (χ0) is 23.6. The minimum absolute atomic E-state index is 0.0943. The minimum atomic E-state index is -3.96. The molecule has 2 aliphatic heterocycles. The topological polar surface area (TPSA) is 102 Å². The summed E-state index contributed by atoms with van der Waals surface area (Å²) in [5.74, 6) is -0.872. The first-order valence-electron chi connectivity index (χ1n) is 10.8. The molecule has 2 saturated heterocycles. The lowest BCUT2D eigenvalue weighted by molar-refractivity contribution is -0.213. The fourth-order valence-electron chi connectivity index (χ4n) is 4.64. The Balaban J connectivity index is 1.46. The molecule has 176 valence electrons. The zero-order valence-corrected chi connectivity index (χ0v) is 20.0. The van der Waals surface area contributed by atoms with E-state index in [2.05, 4.69) is 9.97 Å². The van der Waals surface area contributed by atoms with Crippen LogP contribution in [0.4, 0.5) is 0 Å². The molecular weight excluding hydrogens is 446 g/mol. The molecule has 2 aromatic heterocycles. The normalized spacial score (nSPS) is 28.9. The van der Waals surface area contributed by atoms with Crippen molar-refractivity contribution >= 4 is 21.2 Å². The van der Waals surface area contributed by atoms with Gasteiger partial charge in [0.05, 0.1) is 17.2 Å². The molecule has 0 unspecified atom stereocenters. The van der Waals surface area contributed by atoms with E-state index in [1.807, 2.05) is 51.4 Å². The van der Waals surface area contributed by atoms with Crippen molar-refractivity contribution in [1.29, 1.82) is 0 Å². The van der Waals surface area contributed by atoms with E-state index in [0.717, 1.165) is 16.6 Å². The monoisotopic (exact) mass is 473 g/mol. The maximum absolute atomic E-state index is 12.8. The van der Waals surface area contributed by atoms with Gasteiger partial charge in [0.15, 0.2) is 12.0 Å². The lowest BCUT2D eigenvalue weighted by Crippen LogP contribution is -2.45. The second kappa shape index (κ2) is 7.57. The Hall–Kier alpha value is -2.37. The van der Waals surface area contributed by atoms with Crippen LogP contribution in [-0.2, 0) is 28.5 Å². The fourth-order valence-corrected chi connectivity index (χ4v) is 5.55. The molecule has 0 amide bonds. The molecule has 9 nitrogen and oxygen atoms in total.